The summed E-state index contributed by atoms with van der Waals surface area (Å²) in [5.41, 5.74) is 2.20. The lowest BCUT2D eigenvalue weighted by Crippen LogP contribution is -2.17. The van der Waals surface area contributed by atoms with Gasteiger partial charge in [-0.2, -0.15) is 0 Å². The van der Waals surface area contributed by atoms with Crippen molar-refractivity contribution in [3.63, 3.8) is 0 Å². The van der Waals surface area contributed by atoms with Crippen LogP contribution in [0.25, 0.3) is 0 Å². The summed E-state index contributed by atoms with van der Waals surface area (Å²) in [7, 11) is 0. The van der Waals surface area contributed by atoms with Crippen molar-refractivity contribution >= 4 is 5.97 Å². The number of carboxylic acids is 1. The Kier molecular flexibility index (Phi) is 4.15. The largest absolute Gasteiger partial charge is 0.480 e. The van der Waals surface area contributed by atoms with E-state index in [4.69, 9.17) is 5.11 Å². The molecule has 0 saturated heterocycles. The first-order valence-corrected chi connectivity index (χ1v) is 5.86. The van der Waals surface area contributed by atoms with Gasteiger partial charge in [-0.25, -0.2) is 0 Å². The molecule has 94 valence electrons. The van der Waals surface area contributed by atoms with E-state index in [1.165, 1.54) is 5.56 Å². The Morgan fingerprint density at radius 3 is 2.61 bits per heavy atom. The van der Waals surface area contributed by atoms with E-state index >= 15 is 0 Å². The van der Waals surface area contributed by atoms with Gasteiger partial charge in [0.25, 0.3) is 0 Å². The smallest absolute Gasteiger partial charge is 0.323 e. The van der Waals surface area contributed by atoms with Crippen LogP contribution in [0.3, 0.4) is 0 Å². The van der Waals surface area contributed by atoms with Crippen molar-refractivity contribution in [1.29, 1.82) is 0 Å². The number of carboxylic acid groups (broad SMARTS) is 1. The second-order valence-corrected chi connectivity index (χ2v) is 4.11. The zero-order valence-corrected chi connectivity index (χ0v) is 10.0. The molecule has 1 heterocycles. The molecule has 18 heavy (non-hydrogen) atoms. The first kappa shape index (κ1) is 12.4. The van der Waals surface area contributed by atoms with Gasteiger partial charge in [0, 0.05) is 25.0 Å². The monoisotopic (exact) mass is 244 g/mol. The maximum absolute atomic E-state index is 10.7. The van der Waals surface area contributed by atoms with Crippen LogP contribution < -0.4 is 5.32 Å². The fourth-order valence-corrected chi connectivity index (χ4v) is 1.84. The summed E-state index contributed by atoms with van der Waals surface area (Å²) in [6, 6.07) is 13.9. The van der Waals surface area contributed by atoms with E-state index < -0.39 is 5.97 Å². The molecular formula is C14H16N2O2. The molecule has 4 heteroatoms. The lowest BCUT2D eigenvalue weighted by Gasteiger charge is -2.08. The molecule has 0 unspecified atom stereocenters. The van der Waals surface area contributed by atoms with E-state index in [2.05, 4.69) is 17.4 Å². The zero-order valence-electron chi connectivity index (χ0n) is 10.0. The molecule has 0 aliphatic carbocycles. The number of aromatic nitrogens is 1. The predicted molar refractivity (Wildman–Crippen MR) is 69.1 cm³/mol. The number of hydrogen-bond donors (Lipinski definition) is 2. The average molecular weight is 244 g/mol. The fraction of sp³-hybridized carbons (Fsp3) is 0.214. The zero-order chi connectivity index (χ0) is 12.8. The van der Waals surface area contributed by atoms with Crippen LogP contribution in [0.15, 0.2) is 48.7 Å². The summed E-state index contributed by atoms with van der Waals surface area (Å²) in [4.78, 5) is 10.7. The van der Waals surface area contributed by atoms with Crippen LogP contribution in [0.1, 0.15) is 11.3 Å². The Hall–Kier alpha value is -2.07. The number of rotatable bonds is 6. The highest BCUT2D eigenvalue weighted by molar-refractivity contribution is 5.66. The van der Waals surface area contributed by atoms with Gasteiger partial charge in [0.15, 0.2) is 0 Å². The Morgan fingerprint density at radius 2 is 1.89 bits per heavy atom. The van der Waals surface area contributed by atoms with E-state index in [0.717, 1.165) is 12.2 Å². The molecule has 0 fully saturated rings. The van der Waals surface area contributed by atoms with Gasteiger partial charge in [-0.3, -0.25) is 4.79 Å². The van der Waals surface area contributed by atoms with Crippen molar-refractivity contribution in [2.45, 2.75) is 19.6 Å². The van der Waals surface area contributed by atoms with Crippen molar-refractivity contribution in [2.24, 2.45) is 0 Å². The highest BCUT2D eigenvalue weighted by atomic mass is 16.4. The number of carbonyl (C=O) groups is 1. The van der Waals surface area contributed by atoms with E-state index in [1.54, 1.807) is 10.8 Å². The maximum atomic E-state index is 10.7. The van der Waals surface area contributed by atoms with Gasteiger partial charge in [0.2, 0.25) is 0 Å². The molecule has 2 rings (SSSR count). The SMILES string of the molecule is O=C(O)Cn1cccc1CNCc1ccccc1. The van der Waals surface area contributed by atoms with Crippen molar-refractivity contribution in [2.75, 3.05) is 0 Å². The van der Waals surface area contributed by atoms with Crippen molar-refractivity contribution in [3.8, 4) is 0 Å². The second kappa shape index (κ2) is 6.02. The molecule has 0 saturated carbocycles. The van der Waals surface area contributed by atoms with E-state index in [1.807, 2.05) is 30.3 Å². The second-order valence-electron chi connectivity index (χ2n) is 4.11. The van der Waals surface area contributed by atoms with Gasteiger partial charge < -0.3 is 15.0 Å². The summed E-state index contributed by atoms with van der Waals surface area (Å²) in [6.07, 6.45) is 1.79. The van der Waals surface area contributed by atoms with Gasteiger partial charge >= 0.3 is 5.97 Å². The number of nitrogens with one attached hydrogen (secondary N) is 1. The first-order chi connectivity index (χ1) is 8.75. The third-order valence-corrected chi connectivity index (χ3v) is 2.71. The number of nitrogens with zero attached hydrogens (tertiary/aromatic N) is 1. The number of benzene rings is 1. The van der Waals surface area contributed by atoms with Crippen LogP contribution in [0.5, 0.6) is 0 Å². The third-order valence-electron chi connectivity index (χ3n) is 2.71. The van der Waals surface area contributed by atoms with Gasteiger partial charge in [-0.15, -0.1) is 0 Å². The van der Waals surface area contributed by atoms with Gasteiger partial charge in [0.1, 0.15) is 6.54 Å². The quantitative estimate of drug-likeness (QED) is 0.815. The molecule has 0 aliphatic rings. The van der Waals surface area contributed by atoms with Crippen LogP contribution in [0, 0.1) is 0 Å². The van der Waals surface area contributed by atoms with Crippen LogP contribution in [-0.2, 0) is 24.4 Å². The Bertz CT molecular complexity index is 506. The first-order valence-electron chi connectivity index (χ1n) is 5.86. The highest BCUT2D eigenvalue weighted by Crippen LogP contribution is 2.03. The van der Waals surface area contributed by atoms with Crippen LogP contribution in [0.4, 0.5) is 0 Å². The average Bonchev–Trinajstić information content (AvgIpc) is 2.77. The van der Waals surface area contributed by atoms with Gasteiger partial charge in [0.05, 0.1) is 0 Å². The Balaban J connectivity index is 1.87. The fourth-order valence-electron chi connectivity index (χ4n) is 1.84. The molecule has 0 atom stereocenters. The molecular weight excluding hydrogens is 228 g/mol. The molecule has 2 aromatic rings. The molecule has 0 radical (unpaired) electrons. The minimum atomic E-state index is -0.824. The van der Waals surface area contributed by atoms with Crippen molar-refractivity contribution in [1.82, 2.24) is 9.88 Å². The molecule has 4 nitrogen and oxygen atoms in total. The third kappa shape index (κ3) is 3.46. The number of aliphatic carboxylic acids is 1. The molecule has 1 aromatic carbocycles. The standard InChI is InChI=1S/C14H16N2O2/c17-14(18)11-16-8-4-7-13(16)10-15-9-12-5-2-1-3-6-12/h1-8,15H,9-11H2,(H,17,18). The summed E-state index contributed by atoms with van der Waals surface area (Å²) >= 11 is 0. The van der Waals surface area contributed by atoms with E-state index in [0.29, 0.717) is 6.54 Å². The molecule has 1 aromatic heterocycles. The van der Waals surface area contributed by atoms with E-state index in [9.17, 15) is 4.79 Å². The molecule has 0 amide bonds. The minimum absolute atomic E-state index is 0.00928. The van der Waals surface area contributed by atoms with Gasteiger partial charge in [-0.05, 0) is 17.7 Å². The summed E-state index contributed by atoms with van der Waals surface area (Å²) in [5, 5.41) is 12.1. The molecule has 2 N–H and O–H groups in total. The summed E-state index contributed by atoms with van der Waals surface area (Å²) in [5.74, 6) is -0.824. The van der Waals surface area contributed by atoms with E-state index in [-0.39, 0.29) is 6.54 Å². The van der Waals surface area contributed by atoms with Crippen LogP contribution in [-0.4, -0.2) is 15.6 Å². The number of hydrogen-bond acceptors (Lipinski definition) is 2. The lowest BCUT2D eigenvalue weighted by atomic mass is 10.2. The lowest BCUT2D eigenvalue weighted by molar-refractivity contribution is -0.137. The Labute approximate surface area is 106 Å². The molecule has 0 spiro atoms. The van der Waals surface area contributed by atoms with Crippen molar-refractivity contribution in [3.05, 3.63) is 59.9 Å². The highest BCUT2D eigenvalue weighted by Gasteiger charge is 2.04. The van der Waals surface area contributed by atoms with Crippen molar-refractivity contribution < 1.29 is 9.90 Å². The maximum Gasteiger partial charge on any atom is 0.323 e. The molecule has 0 bridgehead atoms. The van der Waals surface area contributed by atoms with Gasteiger partial charge in [-0.1, -0.05) is 30.3 Å². The topological polar surface area (TPSA) is 54.3 Å². The van der Waals surface area contributed by atoms with Crippen LogP contribution in [0.2, 0.25) is 0 Å². The van der Waals surface area contributed by atoms with Crippen LogP contribution >= 0.6 is 0 Å². The summed E-state index contributed by atoms with van der Waals surface area (Å²) in [6.45, 7) is 1.45. The normalized spacial score (nSPS) is 10.4. The predicted octanol–water partition coefficient (Wildman–Crippen LogP) is 1.86. The minimum Gasteiger partial charge on any atom is -0.480 e. The molecule has 0 aliphatic heterocycles. The Morgan fingerprint density at radius 1 is 1.11 bits per heavy atom. The summed E-state index contributed by atoms with van der Waals surface area (Å²) < 4.78 is 1.74.